The number of rotatable bonds is 1. The number of thioether (sulfide) groups is 1. The van der Waals surface area contributed by atoms with Crippen molar-refractivity contribution in [3.8, 4) is 0 Å². The van der Waals surface area contributed by atoms with Gasteiger partial charge in [-0.05, 0) is 30.4 Å². The molecular weight excluding hydrogens is 322 g/mol. The van der Waals surface area contributed by atoms with E-state index in [4.69, 9.17) is 11.6 Å². The summed E-state index contributed by atoms with van der Waals surface area (Å²) in [6, 6.07) is 5.34. The quantitative estimate of drug-likeness (QED) is 0.781. The zero-order valence-electron chi connectivity index (χ0n) is 9.29. The highest BCUT2D eigenvalue weighted by Crippen LogP contribution is 2.21. The van der Waals surface area contributed by atoms with Gasteiger partial charge in [0.2, 0.25) is 0 Å². The Bertz CT molecular complexity index is 399. The van der Waals surface area contributed by atoms with Crippen LogP contribution < -0.4 is 0 Å². The van der Waals surface area contributed by atoms with Crippen LogP contribution in [0.1, 0.15) is 16.8 Å². The molecule has 1 aromatic rings. The maximum atomic E-state index is 12.3. The van der Waals surface area contributed by atoms with Crippen molar-refractivity contribution in [2.75, 3.05) is 24.6 Å². The summed E-state index contributed by atoms with van der Waals surface area (Å²) < 4.78 is 0.845. The number of carbonyl (C=O) groups is 1. The van der Waals surface area contributed by atoms with Crippen molar-refractivity contribution in [3.05, 3.63) is 33.3 Å². The molecule has 1 saturated heterocycles. The Hall–Kier alpha value is -0.190. The average Bonchev–Trinajstić information content (AvgIpc) is 2.55. The third kappa shape index (κ3) is 3.63. The van der Waals surface area contributed by atoms with E-state index in [0.29, 0.717) is 10.6 Å². The summed E-state index contributed by atoms with van der Waals surface area (Å²) in [5.74, 6) is 2.24. The van der Waals surface area contributed by atoms with Gasteiger partial charge in [0.05, 0.1) is 0 Å². The molecule has 92 valence electrons. The summed E-state index contributed by atoms with van der Waals surface area (Å²) in [4.78, 5) is 14.2. The predicted molar refractivity (Wildman–Crippen MR) is 77.0 cm³/mol. The van der Waals surface area contributed by atoms with Crippen molar-refractivity contribution in [3.63, 3.8) is 0 Å². The highest BCUT2D eigenvalue weighted by Gasteiger charge is 2.17. The van der Waals surface area contributed by atoms with Crippen molar-refractivity contribution in [2.45, 2.75) is 6.42 Å². The smallest absolute Gasteiger partial charge is 0.253 e. The van der Waals surface area contributed by atoms with Gasteiger partial charge in [0.15, 0.2) is 0 Å². The van der Waals surface area contributed by atoms with Gasteiger partial charge in [-0.15, -0.1) is 0 Å². The van der Waals surface area contributed by atoms with Crippen LogP contribution in [-0.4, -0.2) is 35.4 Å². The highest BCUT2D eigenvalue weighted by atomic mass is 79.9. The molecule has 17 heavy (non-hydrogen) atoms. The Balaban J connectivity index is 2.17. The van der Waals surface area contributed by atoms with E-state index in [1.807, 2.05) is 22.7 Å². The van der Waals surface area contributed by atoms with Crippen molar-refractivity contribution < 1.29 is 4.79 Å². The third-order valence-electron chi connectivity index (χ3n) is 2.62. The standard InChI is InChI=1S/C12H13BrClNOS/c13-10-6-9(7-11(14)8-10)12(16)15-2-1-4-17-5-3-15/h6-8H,1-5H2. The molecule has 0 saturated carbocycles. The molecule has 1 aliphatic rings. The lowest BCUT2D eigenvalue weighted by Crippen LogP contribution is -2.32. The van der Waals surface area contributed by atoms with Crippen molar-refractivity contribution >= 4 is 45.2 Å². The molecule has 0 bridgehead atoms. The zero-order chi connectivity index (χ0) is 12.3. The van der Waals surface area contributed by atoms with Gasteiger partial charge in [-0.3, -0.25) is 4.79 Å². The Morgan fingerprint density at radius 2 is 2.12 bits per heavy atom. The summed E-state index contributed by atoms with van der Waals surface area (Å²) in [5.41, 5.74) is 0.663. The molecule has 0 aromatic heterocycles. The number of amides is 1. The number of halogens is 2. The molecule has 0 unspecified atom stereocenters. The first-order valence-corrected chi connectivity index (χ1v) is 7.82. The molecule has 1 aliphatic heterocycles. The van der Waals surface area contributed by atoms with Crippen molar-refractivity contribution in [1.29, 1.82) is 0 Å². The summed E-state index contributed by atoms with van der Waals surface area (Å²) in [7, 11) is 0. The second-order valence-electron chi connectivity index (χ2n) is 3.92. The fourth-order valence-electron chi connectivity index (χ4n) is 1.81. The summed E-state index contributed by atoms with van der Waals surface area (Å²) in [5, 5.41) is 0.590. The third-order valence-corrected chi connectivity index (χ3v) is 4.34. The van der Waals surface area contributed by atoms with E-state index in [1.165, 1.54) is 0 Å². The minimum Gasteiger partial charge on any atom is -0.338 e. The zero-order valence-corrected chi connectivity index (χ0v) is 12.4. The second kappa shape index (κ2) is 6.12. The molecule has 0 spiro atoms. The topological polar surface area (TPSA) is 20.3 Å². The number of hydrogen-bond acceptors (Lipinski definition) is 2. The molecule has 0 atom stereocenters. The monoisotopic (exact) mass is 333 g/mol. The van der Waals surface area contributed by atoms with E-state index in [2.05, 4.69) is 15.9 Å². The molecular formula is C12H13BrClNOS. The van der Waals surface area contributed by atoms with Gasteiger partial charge in [-0.2, -0.15) is 11.8 Å². The SMILES string of the molecule is O=C(c1cc(Cl)cc(Br)c1)N1CCCSCC1. The molecule has 0 radical (unpaired) electrons. The Kier molecular flexibility index (Phi) is 4.77. The first-order chi connectivity index (χ1) is 8.16. The number of benzene rings is 1. The van der Waals surface area contributed by atoms with E-state index in [9.17, 15) is 4.79 Å². The van der Waals surface area contributed by atoms with Crippen molar-refractivity contribution in [2.24, 2.45) is 0 Å². The van der Waals surface area contributed by atoms with Gasteiger partial charge in [0.1, 0.15) is 0 Å². The number of hydrogen-bond donors (Lipinski definition) is 0. The van der Waals surface area contributed by atoms with Gasteiger partial charge < -0.3 is 4.90 Å². The van der Waals surface area contributed by atoms with Gasteiger partial charge in [0.25, 0.3) is 5.91 Å². The first-order valence-electron chi connectivity index (χ1n) is 5.50. The number of carbonyl (C=O) groups excluding carboxylic acids is 1. The van der Waals surface area contributed by atoms with Crippen LogP contribution in [0.4, 0.5) is 0 Å². The molecule has 2 nitrogen and oxygen atoms in total. The van der Waals surface area contributed by atoms with Gasteiger partial charge >= 0.3 is 0 Å². The van der Waals surface area contributed by atoms with Crippen LogP contribution >= 0.6 is 39.3 Å². The largest absolute Gasteiger partial charge is 0.338 e. The first kappa shape index (κ1) is 13.2. The van der Waals surface area contributed by atoms with Crippen LogP contribution in [0.25, 0.3) is 0 Å². The van der Waals surface area contributed by atoms with Crippen LogP contribution in [0.15, 0.2) is 22.7 Å². The average molecular weight is 335 g/mol. The van der Waals surface area contributed by atoms with Crippen molar-refractivity contribution in [1.82, 2.24) is 4.90 Å². The summed E-state index contributed by atoms with van der Waals surface area (Å²) in [6.45, 7) is 1.67. The summed E-state index contributed by atoms with van der Waals surface area (Å²) >= 11 is 11.2. The van der Waals surface area contributed by atoms with Crippen LogP contribution in [-0.2, 0) is 0 Å². The van der Waals surface area contributed by atoms with Crippen LogP contribution in [0.3, 0.4) is 0 Å². The van der Waals surface area contributed by atoms with Gasteiger partial charge in [-0.1, -0.05) is 27.5 Å². The Labute approximate surface area is 119 Å². The van der Waals surface area contributed by atoms with Crippen LogP contribution in [0.2, 0.25) is 5.02 Å². The second-order valence-corrected chi connectivity index (χ2v) is 6.49. The molecule has 1 aromatic carbocycles. The highest BCUT2D eigenvalue weighted by molar-refractivity contribution is 9.10. The molecule has 1 heterocycles. The van der Waals surface area contributed by atoms with Gasteiger partial charge in [-0.25, -0.2) is 0 Å². The Morgan fingerprint density at radius 3 is 2.88 bits per heavy atom. The lowest BCUT2D eigenvalue weighted by atomic mass is 10.2. The minimum atomic E-state index is 0.0794. The van der Waals surface area contributed by atoms with E-state index in [1.54, 1.807) is 12.1 Å². The fourth-order valence-corrected chi connectivity index (χ4v) is 3.56. The van der Waals surface area contributed by atoms with E-state index < -0.39 is 0 Å². The molecule has 1 amide bonds. The molecule has 2 rings (SSSR count). The van der Waals surface area contributed by atoms with E-state index in [0.717, 1.165) is 35.5 Å². The Morgan fingerprint density at radius 1 is 1.29 bits per heavy atom. The molecule has 1 fully saturated rings. The van der Waals surface area contributed by atoms with E-state index in [-0.39, 0.29) is 5.91 Å². The fraction of sp³-hybridized carbons (Fsp3) is 0.417. The minimum absolute atomic E-state index is 0.0794. The number of nitrogens with zero attached hydrogens (tertiary/aromatic N) is 1. The predicted octanol–water partition coefficient (Wildman–Crippen LogP) is 3.68. The lowest BCUT2D eigenvalue weighted by molar-refractivity contribution is 0.0768. The van der Waals surface area contributed by atoms with Crippen LogP contribution in [0.5, 0.6) is 0 Å². The molecule has 0 N–H and O–H groups in total. The maximum Gasteiger partial charge on any atom is 0.253 e. The maximum absolute atomic E-state index is 12.3. The van der Waals surface area contributed by atoms with E-state index >= 15 is 0 Å². The molecule has 5 heteroatoms. The van der Waals surface area contributed by atoms with Gasteiger partial charge in [0, 0.05) is 33.9 Å². The summed E-state index contributed by atoms with van der Waals surface area (Å²) in [6.07, 6.45) is 1.07. The normalized spacial score (nSPS) is 16.7. The molecule has 0 aliphatic carbocycles. The van der Waals surface area contributed by atoms with Crippen LogP contribution in [0, 0.1) is 0 Å². The lowest BCUT2D eigenvalue weighted by Gasteiger charge is -2.20.